The molecule has 0 fully saturated rings. The van der Waals surface area contributed by atoms with Crippen molar-refractivity contribution in [2.75, 3.05) is 12.0 Å². The highest BCUT2D eigenvalue weighted by molar-refractivity contribution is 8.16. The second-order valence-corrected chi connectivity index (χ2v) is 5.83. The molecule has 1 atom stereocenters. The molecule has 84 valence electrons. The van der Waals surface area contributed by atoms with E-state index in [1.54, 1.807) is 12.1 Å². The van der Waals surface area contributed by atoms with Crippen LogP contribution in [0.15, 0.2) is 28.5 Å². The van der Waals surface area contributed by atoms with Gasteiger partial charge in [0.2, 0.25) is 0 Å². The van der Waals surface area contributed by atoms with Crippen molar-refractivity contribution in [3.8, 4) is 6.07 Å². The van der Waals surface area contributed by atoms with Crippen molar-refractivity contribution in [1.82, 2.24) is 0 Å². The lowest BCUT2D eigenvalue weighted by Crippen LogP contribution is -1.95. The van der Waals surface area contributed by atoms with Crippen LogP contribution in [-0.4, -0.2) is 16.2 Å². The number of benzene rings is 1. The summed E-state index contributed by atoms with van der Waals surface area (Å²) in [4.78, 5) is 0. The van der Waals surface area contributed by atoms with Crippen molar-refractivity contribution in [2.24, 2.45) is 0 Å². The topological polar surface area (TPSA) is 40.9 Å². The SMILES string of the molecule is CSC(=Cc1ccc(Cl)cc1)S(=O)CC#N. The highest BCUT2D eigenvalue weighted by Crippen LogP contribution is 2.21. The molecule has 16 heavy (non-hydrogen) atoms. The molecule has 1 aromatic carbocycles. The summed E-state index contributed by atoms with van der Waals surface area (Å²) in [5, 5.41) is 9.15. The maximum absolute atomic E-state index is 11.6. The molecule has 0 saturated heterocycles. The highest BCUT2D eigenvalue weighted by Gasteiger charge is 2.05. The van der Waals surface area contributed by atoms with E-state index in [2.05, 4.69) is 0 Å². The fourth-order valence-corrected chi connectivity index (χ4v) is 2.87. The summed E-state index contributed by atoms with van der Waals surface area (Å²) in [6.07, 6.45) is 3.66. The zero-order valence-corrected chi connectivity index (χ0v) is 11.0. The first-order chi connectivity index (χ1) is 7.67. The van der Waals surface area contributed by atoms with Crippen molar-refractivity contribution in [2.45, 2.75) is 0 Å². The van der Waals surface area contributed by atoms with Crippen LogP contribution in [0.4, 0.5) is 0 Å². The third kappa shape index (κ3) is 4.01. The summed E-state index contributed by atoms with van der Waals surface area (Å²) in [6, 6.07) is 9.15. The zero-order chi connectivity index (χ0) is 12.0. The number of hydrogen-bond acceptors (Lipinski definition) is 3. The van der Waals surface area contributed by atoms with Gasteiger partial charge in [0.1, 0.15) is 5.75 Å². The molecule has 0 saturated carbocycles. The van der Waals surface area contributed by atoms with Crippen LogP contribution in [0, 0.1) is 11.3 Å². The molecule has 0 amide bonds. The third-order valence-electron chi connectivity index (χ3n) is 1.78. The van der Waals surface area contributed by atoms with Gasteiger partial charge < -0.3 is 0 Å². The number of halogens is 1. The van der Waals surface area contributed by atoms with Crippen LogP contribution < -0.4 is 0 Å². The molecule has 2 nitrogen and oxygen atoms in total. The Hall–Kier alpha value is -0.760. The second-order valence-electron chi connectivity index (χ2n) is 2.87. The molecule has 0 aliphatic heterocycles. The van der Waals surface area contributed by atoms with E-state index in [1.165, 1.54) is 11.8 Å². The van der Waals surface area contributed by atoms with Gasteiger partial charge in [-0.1, -0.05) is 23.7 Å². The number of thioether (sulfide) groups is 1. The molecule has 0 spiro atoms. The smallest absolute Gasteiger partial charge is 0.116 e. The van der Waals surface area contributed by atoms with Crippen LogP contribution in [0.5, 0.6) is 0 Å². The van der Waals surface area contributed by atoms with Gasteiger partial charge in [-0.05, 0) is 30.0 Å². The molecule has 0 aliphatic rings. The van der Waals surface area contributed by atoms with Gasteiger partial charge in [-0.2, -0.15) is 5.26 Å². The van der Waals surface area contributed by atoms with Gasteiger partial charge in [0, 0.05) is 5.02 Å². The Kier molecular flexibility index (Phi) is 5.61. The van der Waals surface area contributed by atoms with E-state index in [0.29, 0.717) is 9.26 Å². The van der Waals surface area contributed by atoms with E-state index >= 15 is 0 Å². The number of hydrogen-bond donors (Lipinski definition) is 0. The fraction of sp³-hybridized carbons (Fsp3) is 0.182. The Morgan fingerprint density at radius 2 is 2.19 bits per heavy atom. The van der Waals surface area contributed by atoms with Crippen LogP contribution in [0.3, 0.4) is 0 Å². The molecule has 0 N–H and O–H groups in total. The minimum absolute atomic E-state index is 0.0280. The number of nitrogens with zero attached hydrogens (tertiary/aromatic N) is 1. The largest absolute Gasteiger partial charge is 0.253 e. The lowest BCUT2D eigenvalue weighted by atomic mass is 10.2. The van der Waals surface area contributed by atoms with Gasteiger partial charge in [-0.25, -0.2) is 0 Å². The van der Waals surface area contributed by atoms with E-state index in [9.17, 15) is 4.21 Å². The van der Waals surface area contributed by atoms with Crippen LogP contribution >= 0.6 is 23.4 Å². The van der Waals surface area contributed by atoms with Crippen molar-refractivity contribution in [3.63, 3.8) is 0 Å². The van der Waals surface area contributed by atoms with Gasteiger partial charge in [-0.15, -0.1) is 11.8 Å². The summed E-state index contributed by atoms with van der Waals surface area (Å²) >= 11 is 7.16. The molecular weight excluding hydrogens is 262 g/mol. The molecular formula is C11H10ClNOS2. The van der Waals surface area contributed by atoms with E-state index in [4.69, 9.17) is 16.9 Å². The molecule has 1 aromatic rings. The van der Waals surface area contributed by atoms with Crippen LogP contribution in [0.1, 0.15) is 5.56 Å². The van der Waals surface area contributed by atoms with Crippen molar-refractivity contribution < 1.29 is 4.21 Å². The predicted octanol–water partition coefficient (Wildman–Crippen LogP) is 3.27. The zero-order valence-electron chi connectivity index (χ0n) is 8.64. The quantitative estimate of drug-likeness (QED) is 0.844. The minimum atomic E-state index is -1.23. The normalized spacial score (nSPS) is 13.2. The Morgan fingerprint density at radius 1 is 1.56 bits per heavy atom. The molecule has 0 aromatic heterocycles. The van der Waals surface area contributed by atoms with Gasteiger partial charge in [-0.3, -0.25) is 4.21 Å². The molecule has 0 bridgehead atoms. The maximum atomic E-state index is 11.6. The first kappa shape index (κ1) is 13.3. The van der Waals surface area contributed by atoms with E-state index in [1.807, 2.05) is 30.5 Å². The average molecular weight is 272 g/mol. The highest BCUT2D eigenvalue weighted by atomic mass is 35.5. The maximum Gasteiger partial charge on any atom is 0.116 e. The van der Waals surface area contributed by atoms with E-state index in [-0.39, 0.29) is 5.75 Å². The molecule has 1 rings (SSSR count). The van der Waals surface area contributed by atoms with Gasteiger partial charge in [0.05, 0.1) is 21.1 Å². The molecule has 5 heteroatoms. The molecule has 0 aliphatic carbocycles. The minimum Gasteiger partial charge on any atom is -0.253 e. The Bertz CT molecular complexity index is 448. The lowest BCUT2D eigenvalue weighted by molar-refractivity contribution is 0.690. The van der Waals surface area contributed by atoms with Crippen molar-refractivity contribution in [1.29, 1.82) is 5.26 Å². The standard InChI is InChI=1S/C11H10ClNOS2/c1-15-11(16(14)7-6-13)8-9-2-4-10(12)5-3-9/h2-5,8H,7H2,1H3. The van der Waals surface area contributed by atoms with E-state index in [0.717, 1.165) is 5.56 Å². The molecule has 0 radical (unpaired) electrons. The van der Waals surface area contributed by atoms with Crippen LogP contribution in [0.2, 0.25) is 5.02 Å². The Labute approximate surface area is 107 Å². The Morgan fingerprint density at radius 3 is 2.69 bits per heavy atom. The average Bonchev–Trinajstić information content (AvgIpc) is 2.28. The number of nitriles is 1. The van der Waals surface area contributed by atoms with E-state index < -0.39 is 10.8 Å². The second kappa shape index (κ2) is 6.74. The van der Waals surface area contributed by atoms with Crippen LogP contribution in [-0.2, 0) is 10.8 Å². The van der Waals surface area contributed by atoms with Gasteiger partial charge >= 0.3 is 0 Å². The summed E-state index contributed by atoms with van der Waals surface area (Å²) in [6.45, 7) is 0. The molecule has 0 heterocycles. The first-order valence-electron chi connectivity index (χ1n) is 4.44. The van der Waals surface area contributed by atoms with Crippen molar-refractivity contribution >= 4 is 40.2 Å². The monoisotopic (exact) mass is 271 g/mol. The Balaban J connectivity index is 2.92. The third-order valence-corrected chi connectivity index (χ3v) is 4.56. The summed E-state index contributed by atoms with van der Waals surface area (Å²) < 4.78 is 12.3. The first-order valence-corrected chi connectivity index (χ1v) is 7.36. The summed E-state index contributed by atoms with van der Waals surface area (Å²) in [5.74, 6) is 0.0280. The van der Waals surface area contributed by atoms with Crippen LogP contribution in [0.25, 0.3) is 6.08 Å². The van der Waals surface area contributed by atoms with Gasteiger partial charge in [0.25, 0.3) is 0 Å². The predicted molar refractivity (Wildman–Crippen MR) is 71.6 cm³/mol. The number of rotatable bonds is 4. The lowest BCUT2D eigenvalue weighted by Gasteiger charge is -2.01. The van der Waals surface area contributed by atoms with Crippen molar-refractivity contribution in [3.05, 3.63) is 39.1 Å². The molecule has 1 unspecified atom stereocenters. The summed E-state index contributed by atoms with van der Waals surface area (Å²) in [7, 11) is -1.23. The summed E-state index contributed by atoms with van der Waals surface area (Å²) in [5.41, 5.74) is 0.931. The van der Waals surface area contributed by atoms with Gasteiger partial charge in [0.15, 0.2) is 0 Å². The fourth-order valence-electron chi connectivity index (χ4n) is 1.04.